The Hall–Kier alpha value is -3.67. The van der Waals surface area contributed by atoms with E-state index in [4.69, 9.17) is 19.4 Å². The molecule has 1 unspecified atom stereocenters. The number of benzene rings is 2. The highest BCUT2D eigenvalue weighted by molar-refractivity contribution is 5.91. The Morgan fingerprint density at radius 1 is 0.875 bits per heavy atom. The fourth-order valence-corrected chi connectivity index (χ4v) is 4.66. The number of para-hydroxylation sites is 1. The van der Waals surface area contributed by atoms with Gasteiger partial charge in [-0.15, -0.1) is 0 Å². The lowest BCUT2D eigenvalue weighted by Crippen LogP contribution is -2.24. The molecule has 0 saturated carbocycles. The van der Waals surface area contributed by atoms with Crippen molar-refractivity contribution in [1.82, 2.24) is 15.0 Å². The van der Waals surface area contributed by atoms with Crippen LogP contribution in [0.15, 0.2) is 67.0 Å². The van der Waals surface area contributed by atoms with E-state index in [9.17, 15) is 0 Å². The van der Waals surface area contributed by atoms with Crippen LogP contribution in [0.2, 0.25) is 0 Å². The normalized spacial score (nSPS) is 18.0. The summed E-state index contributed by atoms with van der Waals surface area (Å²) in [4.78, 5) is 16.6. The fraction of sp³-hybridized carbons (Fsp3) is 0.269. The first-order valence-electron chi connectivity index (χ1n) is 11.2. The summed E-state index contributed by atoms with van der Waals surface area (Å²) in [5, 5.41) is 1.07. The van der Waals surface area contributed by atoms with E-state index < -0.39 is 0 Å². The second kappa shape index (κ2) is 8.11. The Morgan fingerprint density at radius 3 is 2.69 bits per heavy atom. The van der Waals surface area contributed by atoms with Crippen molar-refractivity contribution in [2.24, 2.45) is 0 Å². The second-order valence-electron chi connectivity index (χ2n) is 8.24. The van der Waals surface area contributed by atoms with Gasteiger partial charge in [-0.25, -0.2) is 9.97 Å². The van der Waals surface area contributed by atoms with Crippen LogP contribution in [-0.4, -0.2) is 34.7 Å². The molecule has 0 aliphatic carbocycles. The molecular weight excluding hydrogens is 400 g/mol. The number of nitrogens with zero attached hydrogens (tertiary/aromatic N) is 4. The summed E-state index contributed by atoms with van der Waals surface area (Å²) >= 11 is 0. The number of hydrogen-bond acceptors (Lipinski definition) is 6. The van der Waals surface area contributed by atoms with Crippen molar-refractivity contribution < 1.29 is 9.47 Å². The van der Waals surface area contributed by atoms with Crippen molar-refractivity contribution in [2.75, 3.05) is 24.7 Å². The summed E-state index contributed by atoms with van der Waals surface area (Å²) in [6.45, 7) is 2.34. The van der Waals surface area contributed by atoms with Crippen LogP contribution in [0, 0.1) is 0 Å². The van der Waals surface area contributed by atoms with Gasteiger partial charge in [-0.05, 0) is 54.8 Å². The van der Waals surface area contributed by atoms with Crippen molar-refractivity contribution in [3.8, 4) is 22.9 Å². The minimum atomic E-state index is 0.229. The van der Waals surface area contributed by atoms with Gasteiger partial charge in [-0.3, -0.25) is 4.98 Å². The molecule has 0 radical (unpaired) electrons. The summed E-state index contributed by atoms with van der Waals surface area (Å²) in [5.41, 5.74) is 3.10. The maximum atomic E-state index is 5.96. The number of anilines is 1. The molecule has 1 atom stereocenters. The molecule has 4 aromatic rings. The summed E-state index contributed by atoms with van der Waals surface area (Å²) in [6.07, 6.45) is 6.68. The fourth-order valence-electron chi connectivity index (χ4n) is 4.66. The molecule has 2 aromatic carbocycles. The van der Waals surface area contributed by atoms with E-state index in [0.717, 1.165) is 59.6 Å². The Kier molecular flexibility index (Phi) is 4.83. The van der Waals surface area contributed by atoms with E-state index in [1.807, 2.05) is 30.5 Å². The minimum Gasteiger partial charge on any atom is -0.490 e. The van der Waals surface area contributed by atoms with Gasteiger partial charge in [0.05, 0.1) is 24.8 Å². The highest BCUT2D eigenvalue weighted by Gasteiger charge is 2.30. The monoisotopic (exact) mass is 424 g/mol. The average Bonchev–Trinajstić information content (AvgIpc) is 3.22. The second-order valence-corrected chi connectivity index (χ2v) is 8.24. The average molecular weight is 425 g/mol. The van der Waals surface area contributed by atoms with Crippen molar-refractivity contribution >= 4 is 16.7 Å². The molecule has 0 bridgehead atoms. The number of ether oxygens (including phenoxy) is 2. The third-order valence-corrected chi connectivity index (χ3v) is 6.18. The van der Waals surface area contributed by atoms with E-state index in [1.54, 1.807) is 6.20 Å². The first-order valence-corrected chi connectivity index (χ1v) is 11.2. The number of pyridine rings is 1. The first-order chi connectivity index (χ1) is 15.9. The molecule has 4 heterocycles. The van der Waals surface area contributed by atoms with Crippen LogP contribution >= 0.6 is 0 Å². The van der Waals surface area contributed by atoms with E-state index in [0.29, 0.717) is 19.0 Å². The summed E-state index contributed by atoms with van der Waals surface area (Å²) < 4.78 is 11.8. The topological polar surface area (TPSA) is 60.4 Å². The third-order valence-electron chi connectivity index (χ3n) is 6.18. The Bertz CT molecular complexity index is 1260. The molecule has 2 aliphatic heterocycles. The molecule has 6 heteroatoms. The van der Waals surface area contributed by atoms with Crippen LogP contribution in [0.3, 0.4) is 0 Å². The van der Waals surface area contributed by atoms with Crippen LogP contribution in [0.4, 0.5) is 5.82 Å². The zero-order chi connectivity index (χ0) is 21.3. The van der Waals surface area contributed by atoms with Crippen LogP contribution in [0.1, 0.15) is 30.9 Å². The predicted octanol–water partition coefficient (Wildman–Crippen LogP) is 5.19. The van der Waals surface area contributed by atoms with Crippen molar-refractivity contribution in [3.05, 3.63) is 72.6 Å². The van der Waals surface area contributed by atoms with E-state index in [2.05, 4.69) is 40.2 Å². The maximum absolute atomic E-state index is 5.96. The summed E-state index contributed by atoms with van der Waals surface area (Å²) in [6, 6.07) is 18.8. The zero-order valence-corrected chi connectivity index (χ0v) is 17.8. The molecule has 0 spiro atoms. The largest absolute Gasteiger partial charge is 0.490 e. The van der Waals surface area contributed by atoms with Crippen molar-refractivity contribution in [1.29, 1.82) is 0 Å². The molecule has 160 valence electrons. The van der Waals surface area contributed by atoms with Gasteiger partial charge in [0.2, 0.25) is 0 Å². The Balaban J connectivity index is 1.45. The smallest absolute Gasteiger partial charge is 0.163 e. The van der Waals surface area contributed by atoms with Gasteiger partial charge in [0.1, 0.15) is 5.82 Å². The lowest BCUT2D eigenvalue weighted by Gasteiger charge is -2.28. The van der Waals surface area contributed by atoms with Gasteiger partial charge in [-0.1, -0.05) is 18.2 Å². The first kappa shape index (κ1) is 19.0. The van der Waals surface area contributed by atoms with Crippen LogP contribution in [-0.2, 0) is 0 Å². The van der Waals surface area contributed by atoms with Crippen molar-refractivity contribution in [2.45, 2.75) is 25.3 Å². The molecule has 0 amide bonds. The molecule has 1 saturated heterocycles. The Morgan fingerprint density at radius 2 is 1.78 bits per heavy atom. The molecule has 0 N–H and O–H groups in total. The highest BCUT2D eigenvalue weighted by Crippen LogP contribution is 2.41. The van der Waals surface area contributed by atoms with Gasteiger partial charge in [0.25, 0.3) is 0 Å². The molecular formula is C26H24N4O2. The quantitative estimate of drug-likeness (QED) is 0.451. The lowest BCUT2D eigenvalue weighted by atomic mass is 10.0. The van der Waals surface area contributed by atoms with E-state index in [-0.39, 0.29) is 6.04 Å². The SMILES string of the molecule is c1cncc(-c2nc(N3CCCC3c3ccc4c(c3)OCCCO4)c3ccccc3n2)c1. The van der Waals surface area contributed by atoms with Crippen LogP contribution in [0.25, 0.3) is 22.3 Å². The summed E-state index contributed by atoms with van der Waals surface area (Å²) in [5.74, 6) is 3.36. The van der Waals surface area contributed by atoms with E-state index >= 15 is 0 Å². The lowest BCUT2D eigenvalue weighted by molar-refractivity contribution is 0.297. The molecule has 1 fully saturated rings. The molecule has 32 heavy (non-hydrogen) atoms. The zero-order valence-electron chi connectivity index (χ0n) is 17.8. The van der Waals surface area contributed by atoms with E-state index in [1.165, 1.54) is 5.56 Å². The highest BCUT2D eigenvalue weighted by atomic mass is 16.5. The number of fused-ring (bicyclic) bond motifs is 2. The van der Waals surface area contributed by atoms with Crippen LogP contribution < -0.4 is 14.4 Å². The molecule has 2 aliphatic rings. The van der Waals surface area contributed by atoms with Gasteiger partial charge in [-0.2, -0.15) is 0 Å². The van der Waals surface area contributed by atoms with Crippen molar-refractivity contribution in [3.63, 3.8) is 0 Å². The number of rotatable bonds is 3. The standard InChI is InChI=1S/C26H24N4O2/c1-2-8-21-20(7-1)26(29-25(28-21)19-6-3-12-27-17-19)30-13-4-9-22(30)18-10-11-23-24(16-18)32-15-5-14-31-23/h1-3,6-8,10-12,16-17,22H,4-5,9,13-15H2. The molecule has 6 nitrogen and oxygen atoms in total. The van der Waals surface area contributed by atoms with Gasteiger partial charge in [0.15, 0.2) is 17.3 Å². The number of aromatic nitrogens is 3. The predicted molar refractivity (Wildman–Crippen MR) is 124 cm³/mol. The summed E-state index contributed by atoms with van der Waals surface area (Å²) in [7, 11) is 0. The van der Waals surface area contributed by atoms with Gasteiger partial charge in [0, 0.05) is 36.3 Å². The third kappa shape index (κ3) is 3.42. The molecule has 6 rings (SSSR count). The van der Waals surface area contributed by atoms with Crippen LogP contribution in [0.5, 0.6) is 11.5 Å². The maximum Gasteiger partial charge on any atom is 0.163 e. The van der Waals surface area contributed by atoms with Gasteiger partial charge >= 0.3 is 0 Å². The minimum absolute atomic E-state index is 0.229. The van der Waals surface area contributed by atoms with Gasteiger partial charge < -0.3 is 14.4 Å². The Labute approximate surface area is 186 Å². The molecule has 2 aromatic heterocycles. The number of hydrogen-bond donors (Lipinski definition) is 0.